The van der Waals surface area contributed by atoms with Crippen molar-refractivity contribution in [2.75, 3.05) is 31.6 Å². The third-order valence-electron chi connectivity index (χ3n) is 3.32. The van der Waals surface area contributed by atoms with Gasteiger partial charge in [0.05, 0.1) is 0 Å². The number of amidine groups is 1. The Morgan fingerprint density at radius 2 is 2.32 bits per heavy atom. The molecule has 0 bridgehead atoms. The predicted molar refractivity (Wildman–Crippen MR) is 73.5 cm³/mol. The summed E-state index contributed by atoms with van der Waals surface area (Å²) in [6, 6.07) is 1.96. The van der Waals surface area contributed by atoms with Gasteiger partial charge in [-0.2, -0.15) is 0 Å². The Kier molecular flexibility index (Phi) is 4.16. The molecule has 1 atom stereocenters. The van der Waals surface area contributed by atoms with Crippen molar-refractivity contribution in [2.24, 2.45) is 10.9 Å². The Hall–Kier alpha value is -1.89. The van der Waals surface area contributed by atoms with Crippen LogP contribution < -0.4 is 10.6 Å². The van der Waals surface area contributed by atoms with Crippen molar-refractivity contribution in [1.82, 2.24) is 14.9 Å². The molecule has 0 amide bonds. The van der Waals surface area contributed by atoms with Crippen LogP contribution in [0.4, 0.5) is 5.95 Å². The van der Waals surface area contributed by atoms with Gasteiger partial charge < -0.3 is 20.7 Å². The van der Waals surface area contributed by atoms with Crippen molar-refractivity contribution < 1.29 is 5.21 Å². The lowest BCUT2D eigenvalue weighted by molar-refractivity contribution is 0.318. The van der Waals surface area contributed by atoms with E-state index in [1.807, 2.05) is 0 Å². The molecule has 2 heterocycles. The van der Waals surface area contributed by atoms with Crippen LogP contribution in [-0.2, 0) is 0 Å². The summed E-state index contributed by atoms with van der Waals surface area (Å²) >= 11 is 0. The lowest BCUT2D eigenvalue weighted by Gasteiger charge is -2.28. The zero-order valence-corrected chi connectivity index (χ0v) is 11.3. The lowest BCUT2D eigenvalue weighted by atomic mass is 10.3. The smallest absolute Gasteiger partial charge is 0.226 e. The second kappa shape index (κ2) is 5.83. The van der Waals surface area contributed by atoms with Crippen LogP contribution in [0, 0.1) is 0 Å². The van der Waals surface area contributed by atoms with Crippen molar-refractivity contribution in [3.63, 3.8) is 0 Å². The van der Waals surface area contributed by atoms with E-state index < -0.39 is 0 Å². The molecule has 104 valence electrons. The van der Waals surface area contributed by atoms with Gasteiger partial charge in [0.1, 0.15) is 5.69 Å². The summed E-state index contributed by atoms with van der Waals surface area (Å²) in [6.07, 6.45) is 2.70. The Balaban J connectivity index is 2.25. The van der Waals surface area contributed by atoms with E-state index in [1.165, 1.54) is 0 Å². The molecule has 1 aliphatic heterocycles. The second-order valence-corrected chi connectivity index (χ2v) is 4.89. The molecule has 0 aliphatic carbocycles. The highest BCUT2D eigenvalue weighted by atomic mass is 16.4. The number of hydrogen-bond acceptors (Lipinski definition) is 6. The topological polar surface area (TPSA) is 90.9 Å². The number of anilines is 1. The van der Waals surface area contributed by atoms with E-state index >= 15 is 0 Å². The lowest BCUT2D eigenvalue weighted by Crippen LogP contribution is -2.39. The van der Waals surface area contributed by atoms with Crippen LogP contribution in [0.15, 0.2) is 17.4 Å². The summed E-state index contributed by atoms with van der Waals surface area (Å²) in [7, 11) is 2.12. The van der Waals surface area contributed by atoms with Gasteiger partial charge in [0, 0.05) is 25.3 Å². The van der Waals surface area contributed by atoms with Crippen LogP contribution >= 0.6 is 0 Å². The zero-order valence-electron chi connectivity index (χ0n) is 11.3. The van der Waals surface area contributed by atoms with E-state index in [0.29, 0.717) is 17.7 Å². The van der Waals surface area contributed by atoms with Gasteiger partial charge in [0.15, 0.2) is 5.84 Å². The van der Waals surface area contributed by atoms with E-state index in [0.717, 1.165) is 26.1 Å². The maximum absolute atomic E-state index is 8.70. The molecule has 1 aliphatic rings. The molecule has 1 aromatic heterocycles. The van der Waals surface area contributed by atoms with Gasteiger partial charge in [0.2, 0.25) is 5.95 Å². The van der Waals surface area contributed by atoms with Gasteiger partial charge in [-0.25, -0.2) is 9.97 Å². The monoisotopic (exact) mass is 264 g/mol. The molecule has 19 heavy (non-hydrogen) atoms. The third-order valence-corrected chi connectivity index (χ3v) is 3.32. The van der Waals surface area contributed by atoms with Crippen LogP contribution in [0.3, 0.4) is 0 Å². The summed E-state index contributed by atoms with van der Waals surface area (Å²) in [5.41, 5.74) is 6.01. The summed E-state index contributed by atoms with van der Waals surface area (Å²) in [5.74, 6) is 0.634. The molecular formula is C12H20N6O. The molecule has 0 radical (unpaired) electrons. The van der Waals surface area contributed by atoms with E-state index in [2.05, 4.69) is 38.9 Å². The van der Waals surface area contributed by atoms with E-state index in [4.69, 9.17) is 10.9 Å². The first-order chi connectivity index (χ1) is 9.11. The Labute approximate surface area is 112 Å². The molecule has 1 saturated heterocycles. The van der Waals surface area contributed by atoms with Gasteiger partial charge in [-0.1, -0.05) is 5.16 Å². The van der Waals surface area contributed by atoms with Gasteiger partial charge >= 0.3 is 0 Å². The number of hydrogen-bond donors (Lipinski definition) is 2. The summed E-state index contributed by atoms with van der Waals surface area (Å²) in [5, 5.41) is 11.7. The first-order valence-electron chi connectivity index (χ1n) is 6.38. The van der Waals surface area contributed by atoms with Crippen LogP contribution in [-0.4, -0.2) is 58.6 Å². The summed E-state index contributed by atoms with van der Waals surface area (Å²) in [6.45, 7) is 5.10. The summed E-state index contributed by atoms with van der Waals surface area (Å²) in [4.78, 5) is 13.1. The number of rotatable bonds is 2. The Morgan fingerprint density at radius 3 is 3.05 bits per heavy atom. The average Bonchev–Trinajstić information content (AvgIpc) is 2.58. The summed E-state index contributed by atoms with van der Waals surface area (Å²) < 4.78 is 0. The van der Waals surface area contributed by atoms with Crippen LogP contribution in [0.2, 0.25) is 0 Å². The maximum Gasteiger partial charge on any atom is 0.226 e. The SMILES string of the molecule is CC1CN(C)CCCN1c1nccc(/C(N)=N/O)n1. The highest BCUT2D eigenvalue weighted by Gasteiger charge is 2.22. The minimum atomic E-state index is 0.00300. The van der Waals surface area contributed by atoms with Crippen LogP contribution in [0.1, 0.15) is 19.0 Å². The molecule has 0 saturated carbocycles. The van der Waals surface area contributed by atoms with Gasteiger partial charge in [0.25, 0.3) is 0 Å². The number of nitrogens with two attached hydrogens (primary N) is 1. The first kappa shape index (κ1) is 13.5. The number of aromatic nitrogens is 2. The molecule has 0 aromatic carbocycles. The van der Waals surface area contributed by atoms with Crippen molar-refractivity contribution in [2.45, 2.75) is 19.4 Å². The normalized spacial score (nSPS) is 22.3. The highest BCUT2D eigenvalue weighted by Crippen LogP contribution is 2.15. The van der Waals surface area contributed by atoms with Crippen molar-refractivity contribution in [3.05, 3.63) is 18.0 Å². The molecule has 0 spiro atoms. The third kappa shape index (κ3) is 3.11. The molecule has 7 heteroatoms. The number of likely N-dealkylation sites (N-methyl/N-ethyl adjacent to an activating group) is 1. The molecule has 1 fully saturated rings. The molecule has 1 aromatic rings. The fraction of sp³-hybridized carbons (Fsp3) is 0.583. The minimum Gasteiger partial charge on any atom is -0.409 e. The molecule has 1 unspecified atom stereocenters. The Bertz CT molecular complexity index is 463. The molecule has 7 nitrogen and oxygen atoms in total. The highest BCUT2D eigenvalue weighted by molar-refractivity contribution is 5.95. The Morgan fingerprint density at radius 1 is 1.53 bits per heavy atom. The van der Waals surface area contributed by atoms with E-state index in [-0.39, 0.29) is 5.84 Å². The first-order valence-corrected chi connectivity index (χ1v) is 6.38. The van der Waals surface area contributed by atoms with Gasteiger partial charge in [-0.3, -0.25) is 0 Å². The fourth-order valence-electron chi connectivity index (χ4n) is 2.35. The predicted octanol–water partition coefficient (Wildman–Crippen LogP) is 0.102. The van der Waals surface area contributed by atoms with Crippen molar-refractivity contribution in [3.8, 4) is 0 Å². The van der Waals surface area contributed by atoms with E-state index in [9.17, 15) is 0 Å². The minimum absolute atomic E-state index is 0.00300. The largest absolute Gasteiger partial charge is 0.409 e. The van der Waals surface area contributed by atoms with E-state index in [1.54, 1.807) is 12.3 Å². The average molecular weight is 264 g/mol. The molecule has 2 rings (SSSR count). The van der Waals surface area contributed by atoms with Crippen molar-refractivity contribution in [1.29, 1.82) is 0 Å². The quantitative estimate of drug-likeness (QED) is 0.341. The molecular weight excluding hydrogens is 244 g/mol. The molecule has 3 N–H and O–H groups in total. The van der Waals surface area contributed by atoms with Crippen molar-refractivity contribution >= 4 is 11.8 Å². The maximum atomic E-state index is 8.70. The van der Waals surface area contributed by atoms with Gasteiger partial charge in [-0.05, 0) is 33.0 Å². The van der Waals surface area contributed by atoms with Crippen LogP contribution in [0.25, 0.3) is 0 Å². The number of nitrogens with zero attached hydrogens (tertiary/aromatic N) is 5. The standard InChI is InChI=1S/C12H20N6O/c1-9-8-17(2)6-3-7-18(9)12-14-5-4-10(15-12)11(13)16-19/h4-5,9,19H,3,6-8H2,1-2H3,(H2,13,16). The number of oxime groups is 1. The zero-order chi connectivity index (χ0) is 13.8. The van der Waals surface area contributed by atoms with Gasteiger partial charge in [-0.15, -0.1) is 0 Å². The van der Waals surface area contributed by atoms with Crippen LogP contribution in [0.5, 0.6) is 0 Å². The second-order valence-electron chi connectivity index (χ2n) is 4.89. The fourth-order valence-corrected chi connectivity index (χ4v) is 2.35.